The van der Waals surface area contributed by atoms with E-state index in [1.165, 1.54) is 0 Å². The van der Waals surface area contributed by atoms with Gasteiger partial charge in [0.05, 0.1) is 0 Å². The van der Waals surface area contributed by atoms with Crippen molar-refractivity contribution < 1.29 is 23.1 Å². The molecule has 1 aliphatic rings. The number of carbonyl (C=O) groups is 1. The molecule has 0 amide bonds. The summed E-state index contributed by atoms with van der Waals surface area (Å²) in [5.41, 5.74) is -0.981. The molecule has 0 aromatic heterocycles. The van der Waals surface area contributed by atoms with E-state index in [1.54, 1.807) is 0 Å². The maximum atomic E-state index is 12.5. The molecule has 0 saturated heterocycles. The van der Waals surface area contributed by atoms with Crippen molar-refractivity contribution in [1.82, 2.24) is 10.6 Å². The molecule has 1 saturated carbocycles. The highest BCUT2D eigenvalue weighted by molar-refractivity contribution is 5.73. The van der Waals surface area contributed by atoms with Gasteiger partial charge in [-0.1, -0.05) is 25.7 Å². The smallest absolute Gasteiger partial charge is 0.432 e. The third kappa shape index (κ3) is 5.00. The van der Waals surface area contributed by atoms with Crippen LogP contribution in [0.15, 0.2) is 11.9 Å². The predicted octanol–water partition coefficient (Wildman–Crippen LogP) is 2.23. The van der Waals surface area contributed by atoms with E-state index in [0.717, 1.165) is 32.7 Å². The number of halogens is 3. The lowest BCUT2D eigenvalue weighted by Gasteiger charge is -2.18. The highest BCUT2D eigenvalue weighted by Crippen LogP contribution is 2.29. The van der Waals surface area contributed by atoms with Crippen molar-refractivity contribution in [2.24, 2.45) is 5.92 Å². The molecule has 0 aromatic carbocycles. The number of carboxylic acid groups (broad SMARTS) is 1. The van der Waals surface area contributed by atoms with Crippen LogP contribution in [0.1, 0.15) is 32.1 Å². The second-order valence-corrected chi connectivity index (χ2v) is 4.75. The average molecular weight is 280 g/mol. The highest BCUT2D eigenvalue weighted by Gasteiger charge is 2.33. The van der Waals surface area contributed by atoms with Crippen molar-refractivity contribution in [2.75, 3.05) is 7.05 Å². The minimum atomic E-state index is -4.52. The molecule has 1 rings (SSSR count). The molecule has 19 heavy (non-hydrogen) atoms. The summed E-state index contributed by atoms with van der Waals surface area (Å²) in [7, 11) is 1.15. The van der Waals surface area contributed by atoms with Crippen molar-refractivity contribution in [2.45, 2.75) is 44.3 Å². The van der Waals surface area contributed by atoms with E-state index in [4.69, 9.17) is 5.11 Å². The lowest BCUT2D eigenvalue weighted by atomic mass is 9.98. The van der Waals surface area contributed by atoms with E-state index in [2.05, 4.69) is 5.32 Å². The number of hydrogen-bond donors (Lipinski definition) is 3. The van der Waals surface area contributed by atoms with Gasteiger partial charge >= 0.3 is 12.1 Å². The lowest BCUT2D eigenvalue weighted by Crippen LogP contribution is -2.37. The number of rotatable bonds is 6. The van der Waals surface area contributed by atoms with E-state index in [0.29, 0.717) is 12.6 Å². The topological polar surface area (TPSA) is 61.4 Å². The van der Waals surface area contributed by atoms with Gasteiger partial charge in [0.25, 0.3) is 0 Å². The van der Waals surface area contributed by atoms with Gasteiger partial charge in [-0.3, -0.25) is 0 Å². The molecule has 1 atom stereocenters. The Balaban J connectivity index is 2.62. The van der Waals surface area contributed by atoms with Crippen LogP contribution in [0.2, 0.25) is 0 Å². The van der Waals surface area contributed by atoms with Gasteiger partial charge in [-0.05, 0) is 12.3 Å². The molecule has 0 spiro atoms. The number of hydrogen-bond acceptors (Lipinski definition) is 3. The van der Waals surface area contributed by atoms with Crippen LogP contribution in [0.4, 0.5) is 13.2 Å². The van der Waals surface area contributed by atoms with Crippen LogP contribution >= 0.6 is 0 Å². The van der Waals surface area contributed by atoms with E-state index in [9.17, 15) is 18.0 Å². The Labute approximate surface area is 110 Å². The molecule has 1 fully saturated rings. The molecule has 0 aliphatic heterocycles. The van der Waals surface area contributed by atoms with Gasteiger partial charge in [0, 0.05) is 13.2 Å². The van der Waals surface area contributed by atoms with Gasteiger partial charge in [0.1, 0.15) is 11.7 Å². The van der Waals surface area contributed by atoms with Crippen molar-refractivity contribution in [3.05, 3.63) is 11.9 Å². The molecule has 0 heterocycles. The molecule has 110 valence electrons. The van der Waals surface area contributed by atoms with E-state index < -0.39 is 23.9 Å². The quantitative estimate of drug-likeness (QED) is 0.698. The summed E-state index contributed by atoms with van der Waals surface area (Å²) in [4.78, 5) is 11.0. The monoisotopic (exact) mass is 280 g/mol. The SMILES string of the molecule is CN/C(=C\N[C@@H](CC1CCCC1)C(=O)O)C(F)(F)F. The molecule has 7 heteroatoms. The van der Waals surface area contributed by atoms with Crippen molar-refractivity contribution >= 4 is 5.97 Å². The van der Waals surface area contributed by atoms with Crippen LogP contribution in [0.25, 0.3) is 0 Å². The van der Waals surface area contributed by atoms with Gasteiger partial charge in [0.15, 0.2) is 0 Å². The van der Waals surface area contributed by atoms with Gasteiger partial charge in [-0.2, -0.15) is 13.2 Å². The standard InChI is InChI=1S/C12H19F3N2O2/c1-16-10(12(13,14)15)7-17-9(11(18)19)6-8-4-2-3-5-8/h7-9,16-17H,2-6H2,1H3,(H,18,19)/b10-7-/t9-/m0/s1. The van der Waals surface area contributed by atoms with Gasteiger partial charge in [0.2, 0.25) is 0 Å². The Morgan fingerprint density at radius 2 is 2.00 bits per heavy atom. The lowest BCUT2D eigenvalue weighted by molar-refractivity contribution is -0.139. The number of nitrogens with one attached hydrogen (secondary N) is 2. The van der Waals surface area contributed by atoms with Crippen LogP contribution in [0.5, 0.6) is 0 Å². The third-order valence-electron chi connectivity index (χ3n) is 3.35. The number of aliphatic carboxylic acids is 1. The zero-order valence-corrected chi connectivity index (χ0v) is 10.8. The first-order chi connectivity index (χ1) is 8.84. The molecule has 3 N–H and O–H groups in total. The van der Waals surface area contributed by atoms with E-state index in [-0.39, 0.29) is 5.92 Å². The largest absolute Gasteiger partial charge is 0.480 e. The molecule has 0 radical (unpaired) electrons. The van der Waals surface area contributed by atoms with Crippen molar-refractivity contribution in [3.8, 4) is 0 Å². The second-order valence-electron chi connectivity index (χ2n) is 4.75. The Kier molecular flexibility index (Phi) is 5.50. The molecule has 0 unspecified atom stereocenters. The minimum Gasteiger partial charge on any atom is -0.480 e. The maximum Gasteiger partial charge on any atom is 0.432 e. The van der Waals surface area contributed by atoms with Gasteiger partial charge < -0.3 is 15.7 Å². The molecule has 4 nitrogen and oxygen atoms in total. The fourth-order valence-electron chi connectivity index (χ4n) is 2.30. The zero-order chi connectivity index (χ0) is 14.5. The van der Waals surface area contributed by atoms with Crippen LogP contribution in [-0.2, 0) is 4.79 Å². The van der Waals surface area contributed by atoms with Crippen LogP contribution in [-0.4, -0.2) is 30.3 Å². The third-order valence-corrected chi connectivity index (χ3v) is 3.35. The summed E-state index contributed by atoms with van der Waals surface area (Å²) in [5, 5.41) is 13.4. The van der Waals surface area contributed by atoms with E-state index in [1.807, 2.05) is 5.32 Å². The van der Waals surface area contributed by atoms with Gasteiger partial charge in [-0.25, -0.2) is 4.79 Å². The summed E-state index contributed by atoms with van der Waals surface area (Å²) in [6, 6.07) is -0.978. The zero-order valence-electron chi connectivity index (χ0n) is 10.8. The first-order valence-corrected chi connectivity index (χ1v) is 6.28. The van der Waals surface area contributed by atoms with Crippen LogP contribution in [0, 0.1) is 5.92 Å². The van der Waals surface area contributed by atoms with Crippen LogP contribution < -0.4 is 10.6 Å². The average Bonchev–Trinajstić information content (AvgIpc) is 2.79. The highest BCUT2D eigenvalue weighted by atomic mass is 19.4. The fourth-order valence-corrected chi connectivity index (χ4v) is 2.30. The van der Waals surface area contributed by atoms with E-state index >= 15 is 0 Å². The summed E-state index contributed by atoms with van der Waals surface area (Å²) >= 11 is 0. The van der Waals surface area contributed by atoms with Gasteiger partial charge in [-0.15, -0.1) is 0 Å². The summed E-state index contributed by atoms with van der Waals surface area (Å²) < 4.78 is 37.4. The first-order valence-electron chi connectivity index (χ1n) is 6.28. The molecule has 0 bridgehead atoms. The summed E-state index contributed by atoms with van der Waals surface area (Å²) in [6.07, 6.45) is 0.585. The molecular formula is C12H19F3N2O2. The Bertz CT molecular complexity index is 336. The Morgan fingerprint density at radius 1 is 1.42 bits per heavy atom. The maximum absolute atomic E-state index is 12.5. The fraction of sp³-hybridized carbons (Fsp3) is 0.750. The molecule has 0 aromatic rings. The minimum absolute atomic E-state index is 0.283. The van der Waals surface area contributed by atoms with Crippen LogP contribution in [0.3, 0.4) is 0 Å². The van der Waals surface area contributed by atoms with Crippen molar-refractivity contribution in [3.63, 3.8) is 0 Å². The second kappa shape index (κ2) is 6.68. The van der Waals surface area contributed by atoms with Crippen molar-refractivity contribution in [1.29, 1.82) is 0 Å². The number of allylic oxidation sites excluding steroid dienone is 1. The Morgan fingerprint density at radius 3 is 2.42 bits per heavy atom. The predicted molar refractivity (Wildman–Crippen MR) is 64.3 cm³/mol. The normalized spacial score (nSPS) is 19.3. The number of alkyl halides is 3. The number of carboxylic acids is 1. The Hall–Kier alpha value is -1.40. The first kappa shape index (κ1) is 15.7. The summed E-state index contributed by atoms with van der Waals surface area (Å²) in [5.74, 6) is -0.841. The molecular weight excluding hydrogens is 261 g/mol. The summed E-state index contributed by atoms with van der Waals surface area (Å²) in [6.45, 7) is 0. The molecule has 1 aliphatic carbocycles.